The van der Waals surface area contributed by atoms with Gasteiger partial charge in [-0.15, -0.1) is 0 Å². The van der Waals surface area contributed by atoms with Crippen LogP contribution in [-0.2, 0) is 16.1 Å². The Bertz CT molecular complexity index is 565. The van der Waals surface area contributed by atoms with E-state index in [-0.39, 0.29) is 12.1 Å². The summed E-state index contributed by atoms with van der Waals surface area (Å²) in [6.07, 6.45) is 5.52. The lowest BCUT2D eigenvalue weighted by atomic mass is 9.94. The SMILES string of the molecule is C#[N+]C1CCC(OOc2ccc(CC=C=O)cc2N)CC1. The average molecular weight is 287 g/mol. The van der Waals surface area contributed by atoms with Gasteiger partial charge in [0.05, 0.1) is 5.69 Å². The molecule has 5 heteroatoms. The van der Waals surface area contributed by atoms with Crippen molar-refractivity contribution in [2.24, 2.45) is 0 Å². The number of nitrogens with two attached hydrogens (primary N) is 1. The van der Waals surface area contributed by atoms with Crippen molar-refractivity contribution in [2.75, 3.05) is 5.73 Å². The Labute approximate surface area is 124 Å². The Morgan fingerprint density at radius 2 is 2.14 bits per heavy atom. The molecule has 0 bridgehead atoms. The van der Waals surface area contributed by atoms with E-state index < -0.39 is 0 Å². The van der Waals surface area contributed by atoms with E-state index in [1.165, 1.54) is 6.08 Å². The van der Waals surface area contributed by atoms with Crippen LogP contribution in [0.15, 0.2) is 24.3 Å². The third kappa shape index (κ3) is 4.35. The molecule has 5 nitrogen and oxygen atoms in total. The van der Waals surface area contributed by atoms with Crippen LogP contribution in [0.3, 0.4) is 0 Å². The predicted octanol–water partition coefficient (Wildman–Crippen LogP) is 2.78. The number of allylic oxidation sites excluding steroid dienone is 1. The summed E-state index contributed by atoms with van der Waals surface area (Å²) in [6, 6.07) is 5.58. The molecule has 0 heterocycles. The van der Waals surface area contributed by atoms with Crippen molar-refractivity contribution >= 4 is 11.6 Å². The van der Waals surface area contributed by atoms with Crippen molar-refractivity contribution in [3.05, 3.63) is 34.7 Å². The molecule has 0 aromatic heterocycles. The first-order chi connectivity index (χ1) is 10.2. The second-order valence-corrected chi connectivity index (χ2v) is 5.16. The van der Waals surface area contributed by atoms with Crippen molar-refractivity contribution in [2.45, 2.75) is 44.2 Å². The van der Waals surface area contributed by atoms with E-state index in [4.69, 9.17) is 22.1 Å². The highest BCUT2D eigenvalue weighted by Gasteiger charge is 2.28. The molecule has 1 fully saturated rings. The molecule has 0 radical (unpaired) electrons. The van der Waals surface area contributed by atoms with Gasteiger partial charge in [0.2, 0.25) is 0 Å². The second-order valence-electron chi connectivity index (χ2n) is 5.16. The number of nitrogen functional groups attached to an aromatic ring is 1. The fourth-order valence-corrected chi connectivity index (χ4v) is 2.37. The number of rotatable bonds is 5. The van der Waals surface area contributed by atoms with Crippen LogP contribution in [-0.4, -0.2) is 18.1 Å². The topological polar surface area (TPSA) is 65.9 Å². The first-order valence-electron chi connectivity index (χ1n) is 7.04. The Hall–Kier alpha value is -2.28. The lowest BCUT2D eigenvalue weighted by Gasteiger charge is -2.20. The summed E-state index contributed by atoms with van der Waals surface area (Å²) in [5.41, 5.74) is 7.31. The second kappa shape index (κ2) is 7.49. The molecular weight excluding hydrogens is 268 g/mol. The molecule has 21 heavy (non-hydrogen) atoms. The number of hydrogen-bond acceptors (Lipinski definition) is 4. The van der Waals surface area contributed by atoms with Gasteiger partial charge in [0.25, 0.3) is 12.6 Å². The van der Waals surface area contributed by atoms with Crippen molar-refractivity contribution in [3.63, 3.8) is 0 Å². The molecule has 0 amide bonds. The molecule has 1 aromatic carbocycles. The molecule has 0 unspecified atom stereocenters. The van der Waals surface area contributed by atoms with Gasteiger partial charge in [0.15, 0.2) is 5.75 Å². The zero-order chi connectivity index (χ0) is 15.1. The molecular formula is C16H19N2O3+. The first kappa shape index (κ1) is 15.1. The summed E-state index contributed by atoms with van der Waals surface area (Å²) in [5, 5.41) is 0. The summed E-state index contributed by atoms with van der Waals surface area (Å²) >= 11 is 0. The van der Waals surface area contributed by atoms with Gasteiger partial charge in [-0.3, -0.25) is 0 Å². The van der Waals surface area contributed by atoms with E-state index in [1.54, 1.807) is 18.1 Å². The van der Waals surface area contributed by atoms with Crippen molar-refractivity contribution in [1.82, 2.24) is 0 Å². The molecule has 1 aliphatic carbocycles. The maximum absolute atomic E-state index is 10.2. The molecule has 2 N–H and O–H groups in total. The van der Waals surface area contributed by atoms with Gasteiger partial charge in [0.1, 0.15) is 12.0 Å². The first-order valence-corrected chi connectivity index (χ1v) is 7.04. The molecule has 1 saturated carbocycles. The summed E-state index contributed by atoms with van der Waals surface area (Å²) in [5.74, 6) is 2.22. The van der Waals surface area contributed by atoms with Gasteiger partial charge in [-0.2, -0.15) is 4.89 Å². The minimum absolute atomic E-state index is 0.0417. The fraction of sp³-hybridized carbons (Fsp3) is 0.438. The lowest BCUT2D eigenvalue weighted by Crippen LogP contribution is -2.24. The smallest absolute Gasteiger partial charge is 0.272 e. The lowest BCUT2D eigenvalue weighted by molar-refractivity contribution is -0.250. The highest BCUT2D eigenvalue weighted by Crippen LogP contribution is 2.27. The fourth-order valence-electron chi connectivity index (χ4n) is 2.37. The average Bonchev–Trinajstić information content (AvgIpc) is 2.52. The van der Waals surface area contributed by atoms with E-state index >= 15 is 0 Å². The minimum atomic E-state index is 0.0417. The highest BCUT2D eigenvalue weighted by atomic mass is 17.2. The summed E-state index contributed by atoms with van der Waals surface area (Å²) in [6.45, 7) is 5.29. The van der Waals surface area contributed by atoms with Crippen LogP contribution in [0, 0.1) is 6.57 Å². The van der Waals surface area contributed by atoms with Gasteiger partial charge in [0, 0.05) is 25.3 Å². The van der Waals surface area contributed by atoms with Crippen LogP contribution in [0.5, 0.6) is 5.75 Å². The number of carbonyl (C=O) groups excluding carboxylic acids is 1. The van der Waals surface area contributed by atoms with Crippen LogP contribution in [0.1, 0.15) is 31.2 Å². The van der Waals surface area contributed by atoms with Crippen molar-refractivity contribution < 1.29 is 14.6 Å². The van der Waals surface area contributed by atoms with E-state index in [2.05, 4.69) is 4.85 Å². The van der Waals surface area contributed by atoms with Gasteiger partial charge >= 0.3 is 0 Å². The summed E-state index contributed by atoms with van der Waals surface area (Å²) < 4.78 is 0. The van der Waals surface area contributed by atoms with Crippen LogP contribution in [0.4, 0.5) is 5.69 Å². The zero-order valence-electron chi connectivity index (χ0n) is 11.8. The standard InChI is InChI=1S/C16H19N2O3/c1-18-13-5-7-14(8-6-13)20-21-16-9-4-12(3-2-10-19)11-15(16)17/h1-2,4,9,11,13-14H,3,5-8,17H2/q+1. The quantitative estimate of drug-likeness (QED) is 0.391. The Kier molecular flexibility index (Phi) is 5.39. The van der Waals surface area contributed by atoms with Crippen molar-refractivity contribution in [1.29, 1.82) is 0 Å². The normalized spacial score (nSPS) is 21.1. The Morgan fingerprint density at radius 1 is 1.38 bits per heavy atom. The summed E-state index contributed by atoms with van der Waals surface area (Å²) in [4.78, 5) is 24.7. The van der Waals surface area contributed by atoms with Crippen molar-refractivity contribution in [3.8, 4) is 12.3 Å². The van der Waals surface area contributed by atoms with Gasteiger partial charge in [-0.05, 0) is 30.5 Å². The van der Waals surface area contributed by atoms with Crippen LogP contribution < -0.4 is 10.6 Å². The maximum atomic E-state index is 10.2. The molecule has 2 rings (SSSR count). The largest absolute Gasteiger partial charge is 0.396 e. The third-order valence-corrected chi connectivity index (χ3v) is 3.62. The molecule has 1 aromatic rings. The molecule has 1 aliphatic rings. The van der Waals surface area contributed by atoms with E-state index in [0.717, 1.165) is 31.2 Å². The number of hydrogen-bond donors (Lipinski definition) is 1. The Balaban J connectivity index is 1.86. The number of benzene rings is 1. The number of nitrogens with zero attached hydrogens (tertiary/aromatic N) is 1. The summed E-state index contributed by atoms with van der Waals surface area (Å²) in [7, 11) is 0. The van der Waals surface area contributed by atoms with E-state index in [1.807, 2.05) is 6.07 Å². The van der Waals surface area contributed by atoms with Gasteiger partial charge in [-0.1, -0.05) is 10.9 Å². The van der Waals surface area contributed by atoms with E-state index in [0.29, 0.717) is 17.9 Å². The van der Waals surface area contributed by atoms with Crippen LogP contribution in [0.2, 0.25) is 0 Å². The highest BCUT2D eigenvalue weighted by molar-refractivity contribution is 5.55. The molecule has 0 aliphatic heterocycles. The Morgan fingerprint density at radius 3 is 2.76 bits per heavy atom. The van der Waals surface area contributed by atoms with Gasteiger partial charge in [-0.25, -0.2) is 4.79 Å². The zero-order valence-corrected chi connectivity index (χ0v) is 11.8. The minimum Gasteiger partial charge on any atom is -0.396 e. The molecule has 110 valence electrons. The number of anilines is 1. The maximum Gasteiger partial charge on any atom is 0.272 e. The monoisotopic (exact) mass is 287 g/mol. The van der Waals surface area contributed by atoms with Crippen LogP contribution in [0.25, 0.3) is 4.85 Å². The van der Waals surface area contributed by atoms with Gasteiger partial charge < -0.3 is 10.6 Å². The third-order valence-electron chi connectivity index (χ3n) is 3.62. The molecule has 0 spiro atoms. The van der Waals surface area contributed by atoms with Crippen LogP contribution >= 0.6 is 0 Å². The molecule has 0 atom stereocenters. The predicted molar refractivity (Wildman–Crippen MR) is 80.9 cm³/mol. The van der Waals surface area contributed by atoms with E-state index in [9.17, 15) is 4.79 Å². The molecule has 0 saturated heterocycles.